The van der Waals surface area contributed by atoms with Gasteiger partial charge in [-0.25, -0.2) is 8.42 Å². The second-order valence-electron chi connectivity index (χ2n) is 11.3. The minimum atomic E-state index is -4.74. The molecular weight excluding hydrogens is 567 g/mol. The second kappa shape index (κ2) is 12.6. The summed E-state index contributed by atoms with van der Waals surface area (Å²) >= 11 is 0. The van der Waals surface area contributed by atoms with Gasteiger partial charge in [-0.1, -0.05) is 53.6 Å². The number of benzene rings is 3. The van der Waals surface area contributed by atoms with Crippen LogP contribution in [0.15, 0.2) is 77.7 Å². The largest absolute Gasteiger partial charge is 0.416 e. The van der Waals surface area contributed by atoms with Crippen molar-refractivity contribution in [2.24, 2.45) is 0 Å². The molecule has 3 aromatic carbocycles. The Balaban J connectivity index is 2.10. The van der Waals surface area contributed by atoms with Gasteiger partial charge in [0.2, 0.25) is 11.8 Å². The van der Waals surface area contributed by atoms with Gasteiger partial charge in [-0.15, -0.1) is 0 Å². The minimum Gasteiger partial charge on any atom is -0.350 e. The van der Waals surface area contributed by atoms with Crippen molar-refractivity contribution >= 4 is 27.5 Å². The van der Waals surface area contributed by atoms with Gasteiger partial charge >= 0.3 is 6.18 Å². The van der Waals surface area contributed by atoms with Crippen molar-refractivity contribution in [3.05, 3.63) is 95.1 Å². The smallest absolute Gasteiger partial charge is 0.350 e. The normalized spacial score (nSPS) is 12.9. The molecule has 0 aromatic heterocycles. The number of anilines is 1. The van der Waals surface area contributed by atoms with E-state index in [0.717, 1.165) is 23.3 Å². The molecule has 0 saturated carbocycles. The average molecular weight is 604 g/mol. The summed E-state index contributed by atoms with van der Waals surface area (Å²) in [5.41, 5.74) is 0.387. The number of rotatable bonds is 9. The Bertz CT molecular complexity index is 1530. The van der Waals surface area contributed by atoms with Crippen LogP contribution in [0, 0.1) is 13.8 Å². The van der Waals surface area contributed by atoms with Crippen LogP contribution in [-0.2, 0) is 32.3 Å². The predicted octanol–water partition coefficient (Wildman–Crippen LogP) is 5.85. The fraction of sp³-hybridized carbons (Fsp3) is 0.355. The number of carbonyl (C=O) groups excluding carboxylic acids is 2. The molecule has 0 saturated heterocycles. The number of amides is 2. The molecule has 0 aliphatic rings. The van der Waals surface area contributed by atoms with Crippen LogP contribution in [0.2, 0.25) is 0 Å². The number of carbonyl (C=O) groups is 2. The molecule has 1 N–H and O–H groups in total. The fourth-order valence-corrected chi connectivity index (χ4v) is 5.67. The van der Waals surface area contributed by atoms with E-state index in [1.807, 2.05) is 19.1 Å². The Morgan fingerprint density at radius 2 is 1.50 bits per heavy atom. The summed E-state index contributed by atoms with van der Waals surface area (Å²) in [6.07, 6.45) is -4.74. The number of alkyl halides is 3. The van der Waals surface area contributed by atoms with Gasteiger partial charge in [-0.3, -0.25) is 13.9 Å². The molecule has 2 amide bonds. The lowest BCUT2D eigenvalue weighted by Crippen LogP contribution is -2.54. The molecule has 3 rings (SSSR count). The van der Waals surface area contributed by atoms with Crippen LogP contribution < -0.4 is 9.62 Å². The number of halogens is 3. The number of nitrogens with zero attached hydrogens (tertiary/aromatic N) is 2. The molecule has 3 aromatic rings. The van der Waals surface area contributed by atoms with Crippen molar-refractivity contribution in [1.82, 2.24) is 10.2 Å². The van der Waals surface area contributed by atoms with Crippen LogP contribution in [-0.4, -0.2) is 43.3 Å². The highest BCUT2D eigenvalue weighted by Gasteiger charge is 2.35. The Hall–Kier alpha value is -3.86. The molecule has 1 unspecified atom stereocenters. The van der Waals surface area contributed by atoms with E-state index >= 15 is 0 Å². The standard InChI is InChI=1S/C31H36F3N3O4S/c1-21-13-15-27(16-14-21)42(40,41)37(26-12-8-11-25(18-26)31(32,33)34)20-28(38)36(19-24-10-7-9-22(2)17-24)23(3)29(39)35-30(4,5)6/h7-18,23H,19-20H2,1-6H3,(H,35,39). The van der Waals surface area contributed by atoms with E-state index < -0.39 is 51.7 Å². The van der Waals surface area contributed by atoms with Crippen LogP contribution in [0.1, 0.15) is 49.9 Å². The van der Waals surface area contributed by atoms with Gasteiger partial charge in [-0.05, 0) is 77.4 Å². The second-order valence-corrected chi connectivity index (χ2v) is 13.2. The highest BCUT2D eigenvalue weighted by molar-refractivity contribution is 7.92. The topological polar surface area (TPSA) is 86.8 Å². The van der Waals surface area contributed by atoms with E-state index in [1.165, 1.54) is 30.0 Å². The summed E-state index contributed by atoms with van der Waals surface area (Å²) in [5.74, 6) is -1.23. The van der Waals surface area contributed by atoms with Crippen molar-refractivity contribution in [3.8, 4) is 0 Å². The predicted molar refractivity (Wildman–Crippen MR) is 156 cm³/mol. The monoisotopic (exact) mass is 603 g/mol. The molecule has 11 heteroatoms. The van der Waals surface area contributed by atoms with Crippen molar-refractivity contribution in [2.75, 3.05) is 10.8 Å². The van der Waals surface area contributed by atoms with Gasteiger partial charge in [0, 0.05) is 12.1 Å². The molecular formula is C31H36F3N3O4S. The molecule has 1 atom stereocenters. The molecule has 0 heterocycles. The highest BCUT2D eigenvalue weighted by atomic mass is 32.2. The molecule has 0 aliphatic heterocycles. The molecule has 7 nitrogen and oxygen atoms in total. The molecule has 0 aliphatic carbocycles. The quantitative estimate of drug-likeness (QED) is 0.333. The van der Waals surface area contributed by atoms with Crippen molar-refractivity contribution in [1.29, 1.82) is 0 Å². The van der Waals surface area contributed by atoms with Crippen molar-refractivity contribution in [3.63, 3.8) is 0 Å². The molecule has 226 valence electrons. The minimum absolute atomic E-state index is 0.0275. The Morgan fingerprint density at radius 1 is 0.881 bits per heavy atom. The van der Waals surface area contributed by atoms with Crippen LogP contribution >= 0.6 is 0 Å². The third kappa shape index (κ3) is 8.34. The van der Waals surface area contributed by atoms with Crippen LogP contribution in [0.4, 0.5) is 18.9 Å². The Kier molecular flexibility index (Phi) is 9.77. The van der Waals surface area contributed by atoms with Gasteiger partial charge in [0.15, 0.2) is 0 Å². The van der Waals surface area contributed by atoms with Gasteiger partial charge < -0.3 is 10.2 Å². The zero-order valence-corrected chi connectivity index (χ0v) is 25.3. The Morgan fingerprint density at radius 3 is 2.07 bits per heavy atom. The lowest BCUT2D eigenvalue weighted by Gasteiger charge is -2.33. The van der Waals surface area contributed by atoms with E-state index in [0.29, 0.717) is 15.9 Å². The maximum atomic E-state index is 14.0. The summed E-state index contributed by atoms with van der Waals surface area (Å²) < 4.78 is 69.2. The molecule has 0 fully saturated rings. The first-order valence-electron chi connectivity index (χ1n) is 13.3. The third-order valence-corrected chi connectivity index (χ3v) is 8.24. The number of sulfonamides is 1. The lowest BCUT2D eigenvalue weighted by molar-refractivity contribution is -0.140. The van der Waals surface area contributed by atoms with E-state index in [1.54, 1.807) is 52.0 Å². The zero-order valence-electron chi connectivity index (χ0n) is 24.5. The summed E-state index contributed by atoms with van der Waals surface area (Å²) in [4.78, 5) is 28.2. The van der Waals surface area contributed by atoms with Crippen LogP contribution in [0.25, 0.3) is 0 Å². The van der Waals surface area contributed by atoms with Gasteiger partial charge in [0.05, 0.1) is 16.1 Å². The van der Waals surface area contributed by atoms with E-state index in [4.69, 9.17) is 0 Å². The van der Waals surface area contributed by atoms with Gasteiger partial charge in [0.1, 0.15) is 12.6 Å². The first kappa shape index (κ1) is 32.7. The summed E-state index contributed by atoms with van der Waals surface area (Å²) in [7, 11) is -4.50. The number of hydrogen-bond donors (Lipinski definition) is 1. The molecule has 0 radical (unpaired) electrons. The Labute approximate surface area is 245 Å². The van der Waals surface area contributed by atoms with E-state index in [9.17, 15) is 31.2 Å². The summed E-state index contributed by atoms with van der Waals surface area (Å²) in [6, 6.07) is 15.8. The fourth-order valence-electron chi connectivity index (χ4n) is 4.27. The van der Waals surface area contributed by atoms with Crippen LogP contribution in [0.3, 0.4) is 0 Å². The molecule has 0 spiro atoms. The van der Waals surface area contributed by atoms with Crippen molar-refractivity contribution < 1.29 is 31.2 Å². The maximum absolute atomic E-state index is 14.0. The van der Waals surface area contributed by atoms with Crippen LogP contribution in [0.5, 0.6) is 0 Å². The maximum Gasteiger partial charge on any atom is 0.416 e. The van der Waals surface area contributed by atoms with Gasteiger partial charge in [-0.2, -0.15) is 13.2 Å². The first-order chi connectivity index (χ1) is 19.4. The van der Waals surface area contributed by atoms with E-state index in [-0.39, 0.29) is 17.1 Å². The first-order valence-corrected chi connectivity index (χ1v) is 14.8. The van der Waals surface area contributed by atoms with Crippen molar-refractivity contribution in [2.45, 2.75) is 70.7 Å². The number of hydrogen-bond acceptors (Lipinski definition) is 4. The zero-order chi connectivity index (χ0) is 31.5. The molecule has 42 heavy (non-hydrogen) atoms. The molecule has 0 bridgehead atoms. The number of aryl methyl sites for hydroxylation is 2. The SMILES string of the molecule is Cc1ccc(S(=O)(=O)N(CC(=O)N(Cc2cccc(C)c2)C(C)C(=O)NC(C)(C)C)c2cccc(C(F)(F)F)c2)cc1. The summed E-state index contributed by atoms with van der Waals surface area (Å²) in [6.45, 7) is 9.65. The van der Waals surface area contributed by atoms with Gasteiger partial charge in [0.25, 0.3) is 10.0 Å². The lowest BCUT2D eigenvalue weighted by atomic mass is 10.1. The average Bonchev–Trinajstić information content (AvgIpc) is 2.88. The van der Waals surface area contributed by atoms with E-state index in [2.05, 4.69) is 5.32 Å². The third-order valence-electron chi connectivity index (χ3n) is 6.45. The number of nitrogens with one attached hydrogen (secondary N) is 1. The highest BCUT2D eigenvalue weighted by Crippen LogP contribution is 2.33. The summed E-state index contributed by atoms with van der Waals surface area (Å²) in [5, 5.41) is 2.83.